The summed E-state index contributed by atoms with van der Waals surface area (Å²) in [6, 6.07) is 1.53. The largest absolute Gasteiger partial charge is 0.503 e. The van der Waals surface area contributed by atoms with Crippen molar-refractivity contribution in [3.8, 4) is 11.5 Å². The Hall–Kier alpha value is -1.78. The standard InChI is InChI=1S/C23H40N2O3/c1-3-4-5-6-7-8-9-10-11-12-13-14-15-16-18-25-23(27)21-22(26)20(28-2)17-19-24-21/h17,19,26H,3-16,18H2,1-2H3,(H,25,27). The molecule has 2 N–H and O–H groups in total. The van der Waals surface area contributed by atoms with E-state index in [4.69, 9.17) is 4.74 Å². The van der Waals surface area contributed by atoms with Crippen LogP contribution in [-0.4, -0.2) is 29.7 Å². The van der Waals surface area contributed by atoms with Gasteiger partial charge in [0.25, 0.3) is 5.91 Å². The number of hydrogen-bond donors (Lipinski definition) is 2. The predicted octanol–water partition coefficient (Wildman–Crippen LogP) is 6.01. The Kier molecular flexibility index (Phi) is 14.0. The molecule has 5 nitrogen and oxygen atoms in total. The second-order valence-corrected chi connectivity index (χ2v) is 7.56. The highest BCUT2D eigenvalue weighted by Crippen LogP contribution is 2.27. The SMILES string of the molecule is CCCCCCCCCCCCCCCCNC(=O)c1nccc(OC)c1O. The van der Waals surface area contributed by atoms with Crippen LogP contribution in [0.3, 0.4) is 0 Å². The van der Waals surface area contributed by atoms with Crippen molar-refractivity contribution < 1.29 is 14.6 Å². The average Bonchev–Trinajstić information content (AvgIpc) is 2.71. The van der Waals surface area contributed by atoms with E-state index < -0.39 is 0 Å². The number of pyridine rings is 1. The minimum atomic E-state index is -0.355. The zero-order valence-corrected chi connectivity index (χ0v) is 18.0. The van der Waals surface area contributed by atoms with Gasteiger partial charge < -0.3 is 15.2 Å². The highest BCUT2D eigenvalue weighted by atomic mass is 16.5. The molecule has 0 bridgehead atoms. The summed E-state index contributed by atoms with van der Waals surface area (Å²) >= 11 is 0. The molecule has 1 aromatic rings. The number of aromatic hydroxyl groups is 1. The number of nitrogens with zero attached hydrogens (tertiary/aromatic N) is 1. The second kappa shape index (κ2) is 16.2. The van der Waals surface area contributed by atoms with E-state index in [9.17, 15) is 9.90 Å². The highest BCUT2D eigenvalue weighted by molar-refractivity contribution is 5.95. The van der Waals surface area contributed by atoms with Crippen molar-refractivity contribution in [1.29, 1.82) is 0 Å². The zero-order chi connectivity index (χ0) is 20.5. The molecular formula is C23H40N2O3. The number of unbranched alkanes of at least 4 members (excludes halogenated alkanes) is 13. The number of hydrogen-bond acceptors (Lipinski definition) is 4. The van der Waals surface area contributed by atoms with Crippen LogP contribution in [0.4, 0.5) is 0 Å². The van der Waals surface area contributed by atoms with Crippen molar-refractivity contribution in [1.82, 2.24) is 10.3 Å². The Morgan fingerprint density at radius 1 is 0.929 bits per heavy atom. The average molecular weight is 393 g/mol. The lowest BCUT2D eigenvalue weighted by Crippen LogP contribution is -2.25. The quantitative estimate of drug-likeness (QED) is 0.319. The number of carbonyl (C=O) groups excluding carboxylic acids is 1. The number of nitrogens with one attached hydrogen (secondary N) is 1. The Bertz CT molecular complexity index is 535. The first-order chi connectivity index (χ1) is 13.7. The molecular weight excluding hydrogens is 352 g/mol. The van der Waals surface area contributed by atoms with E-state index in [0.717, 1.165) is 12.8 Å². The summed E-state index contributed by atoms with van der Waals surface area (Å²) in [5.74, 6) is -0.300. The van der Waals surface area contributed by atoms with E-state index in [1.54, 1.807) is 0 Å². The molecule has 0 fully saturated rings. The molecule has 0 unspecified atom stereocenters. The number of ether oxygens (including phenoxy) is 1. The molecule has 0 aliphatic heterocycles. The summed E-state index contributed by atoms with van der Waals surface area (Å²) in [7, 11) is 1.45. The van der Waals surface area contributed by atoms with Gasteiger partial charge in [-0.1, -0.05) is 90.4 Å². The second-order valence-electron chi connectivity index (χ2n) is 7.56. The molecule has 1 amide bonds. The fourth-order valence-corrected chi connectivity index (χ4v) is 3.37. The summed E-state index contributed by atoms with van der Waals surface area (Å²) in [6.07, 6.45) is 19.8. The molecule has 0 atom stereocenters. The Labute approximate surface area is 171 Å². The van der Waals surface area contributed by atoms with Gasteiger partial charge in [-0.15, -0.1) is 0 Å². The minimum absolute atomic E-state index is 0.0183. The van der Waals surface area contributed by atoms with Crippen molar-refractivity contribution in [2.24, 2.45) is 0 Å². The van der Waals surface area contributed by atoms with Crippen molar-refractivity contribution in [3.05, 3.63) is 18.0 Å². The highest BCUT2D eigenvalue weighted by Gasteiger charge is 2.15. The van der Waals surface area contributed by atoms with E-state index in [-0.39, 0.29) is 23.1 Å². The molecule has 0 aliphatic rings. The number of aromatic nitrogens is 1. The maximum atomic E-state index is 12.1. The lowest BCUT2D eigenvalue weighted by atomic mass is 10.0. The molecule has 0 aliphatic carbocycles. The monoisotopic (exact) mass is 392 g/mol. The first-order valence-electron chi connectivity index (χ1n) is 11.2. The van der Waals surface area contributed by atoms with Gasteiger partial charge in [-0.05, 0) is 6.42 Å². The lowest BCUT2D eigenvalue weighted by Gasteiger charge is -2.08. The molecule has 0 saturated heterocycles. The van der Waals surface area contributed by atoms with Gasteiger partial charge in [0, 0.05) is 18.8 Å². The van der Waals surface area contributed by atoms with Gasteiger partial charge in [-0.2, -0.15) is 0 Å². The Morgan fingerprint density at radius 2 is 1.43 bits per heavy atom. The van der Waals surface area contributed by atoms with Crippen molar-refractivity contribution in [3.63, 3.8) is 0 Å². The maximum absolute atomic E-state index is 12.1. The summed E-state index contributed by atoms with van der Waals surface area (Å²) in [4.78, 5) is 16.0. The van der Waals surface area contributed by atoms with Crippen LogP contribution in [0.2, 0.25) is 0 Å². The van der Waals surface area contributed by atoms with E-state index in [1.165, 1.54) is 96.4 Å². The Balaban J connectivity index is 1.93. The van der Waals surface area contributed by atoms with Crippen LogP contribution in [0, 0.1) is 0 Å². The minimum Gasteiger partial charge on any atom is -0.503 e. The van der Waals surface area contributed by atoms with Gasteiger partial charge in [0.1, 0.15) is 0 Å². The van der Waals surface area contributed by atoms with E-state index in [1.807, 2.05) is 0 Å². The Morgan fingerprint density at radius 3 is 1.93 bits per heavy atom. The van der Waals surface area contributed by atoms with Crippen LogP contribution >= 0.6 is 0 Å². The van der Waals surface area contributed by atoms with E-state index in [2.05, 4.69) is 17.2 Å². The molecule has 160 valence electrons. The molecule has 5 heteroatoms. The van der Waals surface area contributed by atoms with E-state index >= 15 is 0 Å². The van der Waals surface area contributed by atoms with Crippen LogP contribution in [-0.2, 0) is 0 Å². The molecule has 0 spiro atoms. The van der Waals surface area contributed by atoms with Gasteiger partial charge >= 0.3 is 0 Å². The fraction of sp³-hybridized carbons (Fsp3) is 0.739. The van der Waals surface area contributed by atoms with Crippen LogP contribution in [0.25, 0.3) is 0 Å². The predicted molar refractivity (Wildman–Crippen MR) is 115 cm³/mol. The van der Waals surface area contributed by atoms with Gasteiger partial charge in [-0.3, -0.25) is 4.79 Å². The molecule has 1 aromatic heterocycles. The summed E-state index contributed by atoms with van der Waals surface area (Å²) < 4.78 is 5.00. The van der Waals surface area contributed by atoms with Gasteiger partial charge in [0.15, 0.2) is 17.2 Å². The van der Waals surface area contributed by atoms with Crippen LogP contribution in [0.5, 0.6) is 11.5 Å². The van der Waals surface area contributed by atoms with E-state index in [0.29, 0.717) is 6.54 Å². The van der Waals surface area contributed by atoms with Gasteiger partial charge in [-0.25, -0.2) is 4.98 Å². The fourth-order valence-electron chi connectivity index (χ4n) is 3.37. The topological polar surface area (TPSA) is 71.5 Å². The third-order valence-corrected chi connectivity index (χ3v) is 5.14. The normalized spacial score (nSPS) is 10.8. The van der Waals surface area contributed by atoms with Crippen molar-refractivity contribution >= 4 is 5.91 Å². The first kappa shape index (κ1) is 24.3. The van der Waals surface area contributed by atoms with Crippen LogP contribution in [0.1, 0.15) is 107 Å². The smallest absolute Gasteiger partial charge is 0.273 e. The zero-order valence-electron chi connectivity index (χ0n) is 18.0. The van der Waals surface area contributed by atoms with Crippen molar-refractivity contribution in [2.45, 2.75) is 96.8 Å². The lowest BCUT2D eigenvalue weighted by molar-refractivity contribution is 0.0944. The summed E-state index contributed by atoms with van der Waals surface area (Å²) in [6.45, 7) is 2.87. The summed E-state index contributed by atoms with van der Waals surface area (Å²) in [5, 5.41) is 12.8. The third-order valence-electron chi connectivity index (χ3n) is 5.14. The number of carbonyl (C=O) groups is 1. The number of rotatable bonds is 17. The molecule has 1 heterocycles. The first-order valence-corrected chi connectivity index (χ1v) is 11.2. The number of methoxy groups -OCH3 is 1. The molecule has 0 saturated carbocycles. The number of amides is 1. The van der Waals surface area contributed by atoms with Crippen molar-refractivity contribution in [2.75, 3.05) is 13.7 Å². The van der Waals surface area contributed by atoms with Crippen LogP contribution in [0.15, 0.2) is 12.3 Å². The third kappa shape index (κ3) is 10.5. The molecule has 0 radical (unpaired) electrons. The molecule has 1 rings (SSSR count). The van der Waals surface area contributed by atoms with Crippen LogP contribution < -0.4 is 10.1 Å². The maximum Gasteiger partial charge on any atom is 0.273 e. The molecule has 28 heavy (non-hydrogen) atoms. The van der Waals surface area contributed by atoms with Gasteiger partial charge in [0.05, 0.1) is 7.11 Å². The van der Waals surface area contributed by atoms with Gasteiger partial charge in [0.2, 0.25) is 0 Å². The summed E-state index contributed by atoms with van der Waals surface area (Å²) in [5.41, 5.74) is 0.0183. The molecule has 0 aromatic carbocycles.